The van der Waals surface area contributed by atoms with Gasteiger partial charge in [-0.25, -0.2) is 9.98 Å². The molecule has 1 aliphatic carbocycles. The van der Waals surface area contributed by atoms with Gasteiger partial charge in [0, 0.05) is 25.7 Å². The molecule has 392 valence electrons. The van der Waals surface area contributed by atoms with Crippen LogP contribution in [0.15, 0.2) is 48.5 Å². The van der Waals surface area contributed by atoms with Crippen LogP contribution in [0.2, 0.25) is 0 Å². The van der Waals surface area contributed by atoms with Gasteiger partial charge in [0.25, 0.3) is 0 Å². The first-order chi connectivity index (χ1) is 33.8. The number of piperidine rings is 2. The summed E-state index contributed by atoms with van der Waals surface area (Å²) in [6, 6.07) is 17.4. The molecule has 0 amide bonds. The summed E-state index contributed by atoms with van der Waals surface area (Å²) in [5.74, 6) is 1.85. The molecule has 3 aliphatic rings. The Hall–Kier alpha value is -5.06. The summed E-state index contributed by atoms with van der Waals surface area (Å²) in [6.07, 6.45) is 8.84. The average Bonchev–Trinajstić information content (AvgIpc) is 3.29. The van der Waals surface area contributed by atoms with Crippen LogP contribution >= 0.6 is 0 Å². The second-order valence-corrected chi connectivity index (χ2v) is 25.4. The van der Waals surface area contributed by atoms with Gasteiger partial charge in [-0.1, -0.05) is 144 Å². The number of hydrogen-bond acceptors (Lipinski definition) is 6. The second-order valence-electron chi connectivity index (χ2n) is 25.4. The molecule has 7 rings (SSSR count). The van der Waals surface area contributed by atoms with Gasteiger partial charge in [-0.05, 0) is 140 Å². The molecule has 10 heteroatoms. The first-order valence-electron chi connectivity index (χ1n) is 27.1. The molecule has 4 aromatic carbocycles. The Morgan fingerprint density at radius 3 is 0.917 bits per heavy atom. The number of fused-ring (bicyclic) bond motifs is 8. The summed E-state index contributed by atoms with van der Waals surface area (Å²) in [6.45, 7) is 33.7. The smallest absolute Gasteiger partial charge is 0.371 e. The van der Waals surface area contributed by atoms with Gasteiger partial charge in [-0.2, -0.15) is 0 Å². The van der Waals surface area contributed by atoms with Crippen molar-refractivity contribution in [2.24, 2.45) is 0 Å². The number of nitrogens with zero attached hydrogens (tertiary/aromatic N) is 2. The average molecular weight is 987 g/mol. The monoisotopic (exact) mass is 987 g/mol. The highest BCUT2D eigenvalue weighted by Gasteiger charge is 2.29. The third-order valence-corrected chi connectivity index (χ3v) is 15.1. The molecule has 2 saturated heterocycles. The summed E-state index contributed by atoms with van der Waals surface area (Å²) < 4.78 is 13.7. The van der Waals surface area contributed by atoms with Crippen LogP contribution in [0.3, 0.4) is 0 Å². The third kappa shape index (κ3) is 14.2. The van der Waals surface area contributed by atoms with E-state index in [-0.39, 0.29) is 58.2 Å². The zero-order chi connectivity index (χ0) is 52.2. The number of benzene rings is 4. The maximum absolute atomic E-state index is 12.7. The van der Waals surface area contributed by atoms with Gasteiger partial charge in [0.05, 0.1) is 13.1 Å². The molecule has 4 aromatic rings. The molecule has 2 aliphatic heterocycles. The Morgan fingerprint density at radius 2 is 0.667 bits per heavy atom. The van der Waals surface area contributed by atoms with Gasteiger partial charge in [0.2, 0.25) is 13.2 Å². The van der Waals surface area contributed by atoms with E-state index in [4.69, 9.17) is 9.47 Å². The fourth-order valence-electron chi connectivity index (χ4n) is 10.5. The molecule has 0 spiro atoms. The van der Waals surface area contributed by atoms with Crippen molar-refractivity contribution in [3.63, 3.8) is 0 Å². The molecule has 10 nitrogen and oxygen atoms in total. The van der Waals surface area contributed by atoms with E-state index in [9.17, 15) is 20.4 Å². The molecular formula is C62H90N4O6+2. The fourth-order valence-corrected chi connectivity index (χ4v) is 10.5. The molecule has 0 atom stereocenters. The number of phenolic OH excluding ortho intramolecular Hbond substituents is 2. The summed E-state index contributed by atoms with van der Waals surface area (Å²) in [7, 11) is 0. The lowest BCUT2D eigenvalue weighted by Crippen LogP contribution is -2.76. The van der Waals surface area contributed by atoms with E-state index in [2.05, 4.69) is 151 Å². The van der Waals surface area contributed by atoms with Crippen molar-refractivity contribution in [2.45, 2.75) is 169 Å². The standard InChI is InChI=1S/C62H88N4O6/c1-59(2,3)49-31-41-27-45-35-51(61(7,8)9)37-47(57(45)71-39-53(67)63-19-25-65-21-15-13-16-22-65)29-43-33-50(60(4,5)6)34-44(56(43)70)30-48-38-52(62(10,11)12)36-46(28-42(32-49)55(41)69)58(48)72-40-54(68)64-20-26-66-23-17-14-18-24-66/h31-38,69-70H,13-30,39-40H2,1-12H3,(H,63,67)(H,64,68)/p+2. The molecule has 2 fully saturated rings. The highest BCUT2D eigenvalue weighted by atomic mass is 16.5. The molecule has 0 radical (unpaired) electrons. The number of likely N-dealkylation sites (tertiary alicyclic amines) is 2. The maximum Gasteiger partial charge on any atom is 0.371 e. The topological polar surface area (TPSA) is 134 Å². The number of rotatable bonds is 12. The molecule has 2 heterocycles. The minimum absolute atomic E-state index is 0.0537. The Balaban J connectivity index is 1.41. The molecule has 72 heavy (non-hydrogen) atoms. The van der Waals surface area contributed by atoms with Gasteiger partial charge in [0.15, 0.2) is 13.1 Å². The van der Waals surface area contributed by atoms with Crippen LogP contribution in [0, 0.1) is 0 Å². The van der Waals surface area contributed by atoms with E-state index in [1.54, 1.807) is 0 Å². The highest BCUT2D eigenvalue weighted by Crippen LogP contribution is 2.44. The predicted octanol–water partition coefficient (Wildman–Crippen LogP) is 8.77. The van der Waals surface area contributed by atoms with E-state index in [0.717, 1.165) is 106 Å². The van der Waals surface area contributed by atoms with Gasteiger partial charge in [0.1, 0.15) is 23.0 Å². The van der Waals surface area contributed by atoms with Crippen LogP contribution in [-0.4, -0.2) is 108 Å². The van der Waals surface area contributed by atoms with E-state index >= 15 is 0 Å². The highest BCUT2D eigenvalue weighted by molar-refractivity contribution is 5.70. The van der Waals surface area contributed by atoms with E-state index in [1.807, 2.05) is 0 Å². The lowest BCUT2D eigenvalue weighted by molar-refractivity contribution is -0.469. The second kappa shape index (κ2) is 22.6. The van der Waals surface area contributed by atoms with Crippen LogP contribution < -0.4 is 19.5 Å². The van der Waals surface area contributed by atoms with Crippen molar-refractivity contribution in [2.75, 3.05) is 65.6 Å². The van der Waals surface area contributed by atoms with E-state index in [1.165, 1.54) is 38.5 Å². The Morgan fingerprint density at radius 1 is 0.417 bits per heavy atom. The van der Waals surface area contributed by atoms with Crippen molar-refractivity contribution < 1.29 is 39.9 Å². The quantitative estimate of drug-likeness (QED) is 0.0541. The zero-order valence-corrected chi connectivity index (χ0v) is 46.3. The first-order valence-corrected chi connectivity index (χ1v) is 27.1. The maximum atomic E-state index is 12.7. The lowest BCUT2D eigenvalue weighted by atomic mass is 9.79. The van der Waals surface area contributed by atoms with Gasteiger partial charge in [-0.3, -0.25) is 9.80 Å². The van der Waals surface area contributed by atoms with Crippen LogP contribution in [0.4, 0.5) is 0 Å². The number of aliphatic hydroxyl groups excluding tert-OH is 2. The van der Waals surface area contributed by atoms with Crippen molar-refractivity contribution >= 4 is 11.8 Å². The summed E-state index contributed by atoms with van der Waals surface area (Å²) in [5.41, 5.74) is 10.1. The fraction of sp³-hybridized carbons (Fsp3) is 0.581. The largest absolute Gasteiger partial charge is 0.507 e. The number of hydrogen-bond donors (Lipinski definition) is 6. The Labute approximate surface area is 432 Å². The third-order valence-electron chi connectivity index (χ3n) is 15.1. The lowest BCUT2D eigenvalue weighted by Gasteiger charge is -2.28. The zero-order valence-electron chi connectivity index (χ0n) is 46.3. The number of nitrogens with one attached hydrogen (secondary N) is 2. The van der Waals surface area contributed by atoms with E-state index in [0.29, 0.717) is 50.3 Å². The number of aliphatic hydroxyl groups is 2. The van der Waals surface area contributed by atoms with Crippen LogP contribution in [0.25, 0.3) is 0 Å². The number of aromatic hydroxyl groups is 2. The molecule has 0 unspecified atom stereocenters. The van der Waals surface area contributed by atoms with Gasteiger partial charge in [-0.15, -0.1) is 0 Å². The molecule has 8 bridgehead atoms. The molecular weight excluding hydrogens is 897 g/mol. The van der Waals surface area contributed by atoms with Crippen molar-refractivity contribution in [3.05, 3.63) is 115 Å². The molecule has 6 N–H and O–H groups in total. The Bertz CT molecular complexity index is 2310. The van der Waals surface area contributed by atoms with Gasteiger partial charge >= 0.3 is 11.8 Å². The van der Waals surface area contributed by atoms with Crippen molar-refractivity contribution in [1.82, 2.24) is 9.80 Å². The SMILES string of the molecule is CC(C)(C)c1cc2c(O)c(c1)Cc1cc(C(C)(C)C)cc(c1OCC(O)=[NH+]CCN1CCCCC1)Cc1cc(C(C)(C)C)cc(c1O)Cc1cc(C(C)(C)C)cc(c1OCC(O)=[NH+]CCN1CCCCC1)C2. The molecule has 0 saturated carbocycles. The summed E-state index contributed by atoms with van der Waals surface area (Å²) in [5, 5.41) is 48.1. The normalized spacial score (nSPS) is 17.0. The first kappa shape index (κ1) is 54.7. The Kier molecular flexibility index (Phi) is 17.2. The number of phenols is 2. The number of ether oxygens (including phenoxy) is 2. The van der Waals surface area contributed by atoms with Crippen molar-refractivity contribution in [1.29, 1.82) is 0 Å². The minimum atomic E-state index is -0.250. The van der Waals surface area contributed by atoms with E-state index < -0.39 is 0 Å². The predicted molar refractivity (Wildman–Crippen MR) is 294 cm³/mol. The van der Waals surface area contributed by atoms with Crippen molar-refractivity contribution in [3.8, 4) is 23.0 Å². The summed E-state index contributed by atoms with van der Waals surface area (Å²) >= 11 is 0. The van der Waals surface area contributed by atoms with Crippen LogP contribution in [0.5, 0.6) is 23.0 Å². The van der Waals surface area contributed by atoms with Crippen LogP contribution in [-0.2, 0) is 47.3 Å². The molecule has 0 aromatic heterocycles. The summed E-state index contributed by atoms with van der Waals surface area (Å²) in [4.78, 5) is 11.4. The van der Waals surface area contributed by atoms with Gasteiger partial charge < -0.3 is 29.9 Å². The minimum Gasteiger partial charge on any atom is -0.507 e. The van der Waals surface area contributed by atoms with Crippen LogP contribution in [0.1, 0.15) is 188 Å².